The number of aldehydes is 1. The Bertz CT molecular complexity index is 930. The summed E-state index contributed by atoms with van der Waals surface area (Å²) < 4.78 is 7.04. The Kier molecular flexibility index (Phi) is 4.64. The van der Waals surface area contributed by atoms with Crippen LogP contribution in [0.15, 0.2) is 54.7 Å². The lowest BCUT2D eigenvalue weighted by molar-refractivity contribution is -0.149. The maximum absolute atomic E-state index is 12.9. The average Bonchev–Trinajstić information content (AvgIpc) is 3.08. The third-order valence-electron chi connectivity index (χ3n) is 4.66. The van der Waals surface area contributed by atoms with Crippen LogP contribution in [0.1, 0.15) is 29.3 Å². The summed E-state index contributed by atoms with van der Waals surface area (Å²) >= 11 is 6.02. The molecule has 4 nitrogen and oxygen atoms in total. The highest BCUT2D eigenvalue weighted by molar-refractivity contribution is 6.30. The zero-order chi connectivity index (χ0) is 18.0. The summed E-state index contributed by atoms with van der Waals surface area (Å²) in [5.74, 6) is -0.369. The van der Waals surface area contributed by atoms with E-state index in [0.29, 0.717) is 17.0 Å². The molecular weight excluding hydrogens is 338 g/mol. The minimum atomic E-state index is -1.04. The van der Waals surface area contributed by atoms with Crippen LogP contribution in [0, 0.1) is 0 Å². The molecule has 1 unspecified atom stereocenters. The number of esters is 1. The van der Waals surface area contributed by atoms with Crippen molar-refractivity contribution in [2.45, 2.75) is 18.9 Å². The second-order valence-corrected chi connectivity index (χ2v) is 6.23. The molecule has 1 aromatic heterocycles. The van der Waals surface area contributed by atoms with Crippen molar-refractivity contribution < 1.29 is 14.3 Å². The molecule has 0 fully saturated rings. The molecule has 1 atom stereocenters. The summed E-state index contributed by atoms with van der Waals surface area (Å²) in [6, 6.07) is 14.5. The smallest absolute Gasteiger partial charge is 0.336 e. The molecule has 0 saturated carbocycles. The number of fused-ring (bicyclic) bond motifs is 1. The Labute approximate surface area is 151 Å². The number of hydrogen-bond acceptors (Lipinski definition) is 3. The summed E-state index contributed by atoms with van der Waals surface area (Å²) in [7, 11) is 1.38. The minimum absolute atomic E-state index is 0.369. The maximum atomic E-state index is 12.9. The van der Waals surface area contributed by atoms with E-state index in [2.05, 4.69) is 0 Å². The minimum Gasteiger partial charge on any atom is -0.467 e. The van der Waals surface area contributed by atoms with Gasteiger partial charge in [0.1, 0.15) is 0 Å². The Morgan fingerprint density at radius 1 is 1.20 bits per heavy atom. The van der Waals surface area contributed by atoms with Gasteiger partial charge in [0.05, 0.1) is 12.6 Å². The van der Waals surface area contributed by atoms with E-state index >= 15 is 0 Å². The molecule has 0 saturated heterocycles. The summed E-state index contributed by atoms with van der Waals surface area (Å²) in [4.78, 5) is 24.2. The van der Waals surface area contributed by atoms with E-state index in [4.69, 9.17) is 16.3 Å². The molecule has 2 aromatic carbocycles. The zero-order valence-electron chi connectivity index (χ0n) is 14.0. The first-order valence-corrected chi connectivity index (χ1v) is 8.36. The van der Waals surface area contributed by atoms with Gasteiger partial charge in [0.15, 0.2) is 11.8 Å². The van der Waals surface area contributed by atoms with E-state index in [1.165, 1.54) is 7.11 Å². The molecule has 0 amide bonds. The van der Waals surface area contributed by atoms with Crippen LogP contribution in [0.4, 0.5) is 0 Å². The number of benzene rings is 2. The largest absolute Gasteiger partial charge is 0.467 e. The fourth-order valence-corrected chi connectivity index (χ4v) is 3.52. The average molecular weight is 356 g/mol. The zero-order valence-corrected chi connectivity index (χ0v) is 14.8. The van der Waals surface area contributed by atoms with E-state index in [1.54, 1.807) is 18.2 Å². The number of methoxy groups -OCH3 is 1. The van der Waals surface area contributed by atoms with Gasteiger partial charge in [-0.05, 0) is 36.2 Å². The van der Waals surface area contributed by atoms with Gasteiger partial charge in [-0.15, -0.1) is 0 Å². The molecule has 3 rings (SSSR count). The molecule has 0 spiro atoms. The van der Waals surface area contributed by atoms with Gasteiger partial charge in [-0.3, -0.25) is 4.79 Å². The first-order valence-electron chi connectivity index (χ1n) is 7.98. The summed E-state index contributed by atoms with van der Waals surface area (Å²) in [6.07, 6.45) is 3.13. The van der Waals surface area contributed by atoms with E-state index in [0.717, 1.165) is 22.8 Å². The molecule has 3 aromatic rings. The van der Waals surface area contributed by atoms with Crippen molar-refractivity contribution in [3.05, 3.63) is 70.9 Å². The number of hydrogen-bond donors (Lipinski definition) is 0. The van der Waals surface area contributed by atoms with Gasteiger partial charge in [-0.1, -0.05) is 42.8 Å². The molecule has 0 bridgehead atoms. The summed E-state index contributed by atoms with van der Waals surface area (Å²) in [5.41, 5.74) is 1.12. The first-order chi connectivity index (χ1) is 12.1. The number of carbonyl (C=O) groups excluding carboxylic acids is 2. The molecule has 0 aliphatic carbocycles. The van der Waals surface area contributed by atoms with Gasteiger partial charge in [-0.2, -0.15) is 0 Å². The molecule has 0 aliphatic heterocycles. The van der Waals surface area contributed by atoms with Gasteiger partial charge in [0.25, 0.3) is 0 Å². The van der Waals surface area contributed by atoms with E-state index in [1.807, 2.05) is 48.0 Å². The van der Waals surface area contributed by atoms with Crippen molar-refractivity contribution in [2.75, 3.05) is 7.11 Å². The second kappa shape index (κ2) is 6.73. The van der Waals surface area contributed by atoms with Crippen molar-refractivity contribution in [1.82, 2.24) is 4.57 Å². The lowest BCUT2D eigenvalue weighted by Crippen LogP contribution is -2.43. The Hall–Kier alpha value is -2.59. The highest BCUT2D eigenvalue weighted by atomic mass is 35.5. The number of aromatic nitrogens is 1. The van der Waals surface area contributed by atoms with E-state index < -0.39 is 5.54 Å². The van der Waals surface area contributed by atoms with Crippen LogP contribution in [-0.2, 0) is 15.1 Å². The molecule has 5 heteroatoms. The quantitative estimate of drug-likeness (QED) is 0.502. The monoisotopic (exact) mass is 355 g/mol. The van der Waals surface area contributed by atoms with Gasteiger partial charge in [0.2, 0.25) is 0 Å². The SMILES string of the molecule is CCC(C(=O)OC)(c1ccc(Cl)cc1)n1ccc2c(C=O)cccc21. The van der Waals surface area contributed by atoms with E-state index in [9.17, 15) is 9.59 Å². The van der Waals surface area contributed by atoms with Crippen LogP contribution in [0.5, 0.6) is 0 Å². The van der Waals surface area contributed by atoms with Gasteiger partial charge in [-0.25, -0.2) is 4.79 Å². The fourth-order valence-electron chi connectivity index (χ4n) is 3.40. The molecule has 1 heterocycles. The predicted octanol–water partition coefficient (Wildman–Crippen LogP) is 4.43. The standard InChI is InChI=1S/C20H18ClNO3/c1-3-20(19(24)25-2,15-7-9-16(21)10-8-15)22-12-11-17-14(13-23)5-4-6-18(17)22/h4-13H,3H2,1-2H3. The first kappa shape index (κ1) is 17.2. The van der Waals surface area contributed by atoms with Crippen LogP contribution in [0.2, 0.25) is 5.02 Å². The third kappa shape index (κ3) is 2.63. The van der Waals surface area contributed by atoms with Crippen LogP contribution >= 0.6 is 11.6 Å². The van der Waals surface area contributed by atoms with Crippen molar-refractivity contribution in [3.8, 4) is 0 Å². The fraction of sp³-hybridized carbons (Fsp3) is 0.200. The summed E-state index contributed by atoms with van der Waals surface area (Å²) in [6.45, 7) is 1.93. The lowest BCUT2D eigenvalue weighted by Gasteiger charge is -2.33. The molecule has 25 heavy (non-hydrogen) atoms. The highest BCUT2D eigenvalue weighted by Gasteiger charge is 2.42. The predicted molar refractivity (Wildman–Crippen MR) is 98.2 cm³/mol. The Morgan fingerprint density at radius 2 is 1.92 bits per heavy atom. The maximum Gasteiger partial charge on any atom is 0.336 e. The van der Waals surface area contributed by atoms with Crippen molar-refractivity contribution >= 4 is 34.8 Å². The van der Waals surface area contributed by atoms with Crippen LogP contribution in [0.25, 0.3) is 10.9 Å². The van der Waals surface area contributed by atoms with Gasteiger partial charge < -0.3 is 9.30 Å². The van der Waals surface area contributed by atoms with Crippen molar-refractivity contribution in [1.29, 1.82) is 0 Å². The molecule has 0 N–H and O–H groups in total. The number of halogens is 1. The van der Waals surface area contributed by atoms with Gasteiger partial charge in [0, 0.05) is 22.2 Å². The second-order valence-electron chi connectivity index (χ2n) is 5.80. The molecular formula is C20H18ClNO3. The Balaban J connectivity index is 2.34. The normalized spacial score (nSPS) is 13.4. The molecule has 128 valence electrons. The lowest BCUT2D eigenvalue weighted by atomic mass is 9.86. The Morgan fingerprint density at radius 3 is 2.52 bits per heavy atom. The number of nitrogens with zero attached hydrogens (tertiary/aromatic N) is 1. The highest BCUT2D eigenvalue weighted by Crippen LogP contribution is 2.36. The number of rotatable bonds is 5. The van der Waals surface area contributed by atoms with Crippen molar-refractivity contribution in [2.24, 2.45) is 0 Å². The van der Waals surface area contributed by atoms with E-state index in [-0.39, 0.29) is 5.97 Å². The van der Waals surface area contributed by atoms with Crippen LogP contribution in [-0.4, -0.2) is 23.9 Å². The van der Waals surface area contributed by atoms with Gasteiger partial charge >= 0.3 is 5.97 Å². The molecule has 0 radical (unpaired) electrons. The topological polar surface area (TPSA) is 48.3 Å². The van der Waals surface area contributed by atoms with Crippen LogP contribution < -0.4 is 0 Å². The van der Waals surface area contributed by atoms with Crippen molar-refractivity contribution in [3.63, 3.8) is 0 Å². The molecule has 0 aliphatic rings. The van der Waals surface area contributed by atoms with Crippen LogP contribution in [0.3, 0.4) is 0 Å². The number of ether oxygens (including phenoxy) is 1. The number of carbonyl (C=O) groups is 2. The summed E-state index contributed by atoms with van der Waals surface area (Å²) in [5, 5.41) is 1.40. The third-order valence-corrected chi connectivity index (χ3v) is 4.91.